The average Bonchev–Trinajstić information content (AvgIpc) is 2.70. The molecule has 0 saturated carbocycles. The van der Waals surface area contributed by atoms with Gasteiger partial charge in [-0.2, -0.15) is 0 Å². The van der Waals surface area contributed by atoms with Crippen molar-refractivity contribution >= 4 is 0 Å². The minimum absolute atomic E-state index is 0.315. The van der Waals surface area contributed by atoms with Crippen molar-refractivity contribution in [3.63, 3.8) is 0 Å². The van der Waals surface area contributed by atoms with E-state index in [1.54, 1.807) is 20.1 Å². The summed E-state index contributed by atoms with van der Waals surface area (Å²) in [6, 6.07) is 17.7. The van der Waals surface area contributed by atoms with Crippen LogP contribution in [0.5, 0.6) is 5.75 Å². The van der Waals surface area contributed by atoms with E-state index in [0.29, 0.717) is 32.7 Å². The van der Waals surface area contributed by atoms with Crippen LogP contribution in [0.2, 0.25) is 0 Å². The Morgan fingerprint density at radius 2 is 1.70 bits per heavy atom. The molecule has 4 nitrogen and oxygen atoms in total. The highest BCUT2D eigenvalue weighted by Crippen LogP contribution is 2.23. The number of methoxy groups -OCH3 is 1. The maximum Gasteiger partial charge on any atom is 0.118 e. The van der Waals surface area contributed by atoms with E-state index in [1.807, 2.05) is 54.6 Å². The molecule has 1 N–H and O–H groups in total. The summed E-state index contributed by atoms with van der Waals surface area (Å²) in [6.07, 6.45) is 2.65. The zero-order valence-electron chi connectivity index (χ0n) is 16.3. The average molecular weight is 370 g/mol. The summed E-state index contributed by atoms with van der Waals surface area (Å²) < 4.78 is 17.1. The van der Waals surface area contributed by atoms with Crippen LogP contribution in [-0.4, -0.2) is 30.5 Å². The largest absolute Gasteiger partial charge is 0.497 e. The molecule has 2 aromatic carbocycles. The van der Waals surface area contributed by atoms with E-state index in [-0.39, 0.29) is 0 Å². The molecule has 146 valence electrons. The van der Waals surface area contributed by atoms with Crippen molar-refractivity contribution in [2.75, 3.05) is 13.7 Å². The molecule has 2 rings (SSSR count). The highest BCUT2D eigenvalue weighted by Gasteiger charge is 2.32. The van der Waals surface area contributed by atoms with Crippen LogP contribution in [0, 0.1) is 0 Å². The summed E-state index contributed by atoms with van der Waals surface area (Å²) in [5.74, 6) is 0.805. The van der Waals surface area contributed by atoms with Crippen molar-refractivity contribution in [1.29, 1.82) is 0 Å². The van der Waals surface area contributed by atoms with Gasteiger partial charge in [0.2, 0.25) is 0 Å². The lowest BCUT2D eigenvalue weighted by molar-refractivity contribution is -0.138. The zero-order chi connectivity index (χ0) is 19.5. The quantitative estimate of drug-likeness (QED) is 0.558. The number of ether oxygens (including phenoxy) is 3. The normalized spacial score (nSPS) is 14.3. The van der Waals surface area contributed by atoms with Gasteiger partial charge < -0.3 is 19.3 Å². The Balaban J connectivity index is 1.96. The Bertz CT molecular complexity index is 665. The Morgan fingerprint density at radius 1 is 1.04 bits per heavy atom. The molecular weight excluding hydrogens is 340 g/mol. The van der Waals surface area contributed by atoms with E-state index in [1.165, 1.54) is 0 Å². The minimum atomic E-state index is -1.00. The van der Waals surface area contributed by atoms with Gasteiger partial charge in [-0.05, 0) is 43.0 Å². The van der Waals surface area contributed by atoms with Crippen LogP contribution in [0.15, 0.2) is 67.3 Å². The topological polar surface area (TPSA) is 47.9 Å². The molecule has 0 unspecified atom stereocenters. The highest BCUT2D eigenvalue weighted by atomic mass is 16.5. The zero-order valence-corrected chi connectivity index (χ0v) is 16.3. The molecule has 4 heteroatoms. The highest BCUT2D eigenvalue weighted by molar-refractivity contribution is 5.26. The maximum atomic E-state index is 10.9. The molecule has 0 aliphatic heterocycles. The fraction of sp³-hybridized carbons (Fsp3) is 0.391. The predicted octanol–water partition coefficient (Wildman–Crippen LogP) is 4.51. The molecule has 2 atom stereocenters. The number of allylic oxidation sites excluding steroid dienone is 1. The van der Waals surface area contributed by atoms with Crippen molar-refractivity contribution in [1.82, 2.24) is 0 Å². The van der Waals surface area contributed by atoms with Gasteiger partial charge in [-0.3, -0.25) is 0 Å². The van der Waals surface area contributed by atoms with Crippen molar-refractivity contribution in [2.24, 2.45) is 0 Å². The molecule has 0 saturated heterocycles. The summed E-state index contributed by atoms with van der Waals surface area (Å²) in [6.45, 7) is 6.73. The molecule has 0 aliphatic carbocycles. The van der Waals surface area contributed by atoms with Crippen LogP contribution in [-0.2, 0) is 22.7 Å². The monoisotopic (exact) mass is 370 g/mol. The first-order valence-electron chi connectivity index (χ1n) is 9.24. The van der Waals surface area contributed by atoms with Gasteiger partial charge in [-0.15, -0.1) is 6.58 Å². The Kier molecular flexibility index (Phi) is 8.52. The van der Waals surface area contributed by atoms with Crippen LogP contribution in [0.3, 0.4) is 0 Å². The van der Waals surface area contributed by atoms with E-state index in [4.69, 9.17) is 14.2 Å². The van der Waals surface area contributed by atoms with E-state index < -0.39 is 11.7 Å². The lowest BCUT2D eigenvalue weighted by Crippen LogP contribution is -2.44. The second kappa shape index (κ2) is 10.9. The second-order valence-corrected chi connectivity index (χ2v) is 6.83. The summed E-state index contributed by atoms with van der Waals surface area (Å²) in [4.78, 5) is 0. The minimum Gasteiger partial charge on any atom is -0.497 e. The predicted molar refractivity (Wildman–Crippen MR) is 108 cm³/mol. The summed E-state index contributed by atoms with van der Waals surface area (Å²) >= 11 is 0. The number of hydrogen-bond donors (Lipinski definition) is 1. The number of benzene rings is 2. The molecule has 0 fully saturated rings. The Morgan fingerprint density at radius 3 is 2.33 bits per heavy atom. The van der Waals surface area contributed by atoms with Crippen LogP contribution < -0.4 is 4.74 Å². The lowest BCUT2D eigenvalue weighted by Gasteiger charge is -2.32. The van der Waals surface area contributed by atoms with Crippen LogP contribution in [0.1, 0.15) is 30.9 Å². The van der Waals surface area contributed by atoms with Crippen molar-refractivity contribution in [3.8, 4) is 5.75 Å². The smallest absolute Gasteiger partial charge is 0.118 e. The number of aliphatic hydroxyl groups is 1. The molecule has 2 aromatic rings. The molecule has 0 heterocycles. The lowest BCUT2D eigenvalue weighted by atomic mass is 9.93. The van der Waals surface area contributed by atoms with E-state index in [0.717, 1.165) is 16.9 Å². The molecule has 0 amide bonds. The SMILES string of the molecule is C=CCC[C@@](C)(O)[C@@H](COCc1ccccc1)OCc1ccc(OC)cc1. The van der Waals surface area contributed by atoms with Crippen molar-refractivity contribution in [3.05, 3.63) is 78.4 Å². The first kappa shape index (κ1) is 21.2. The van der Waals surface area contributed by atoms with Gasteiger partial charge >= 0.3 is 0 Å². The van der Waals surface area contributed by atoms with Gasteiger partial charge in [0.15, 0.2) is 0 Å². The maximum absolute atomic E-state index is 10.9. The van der Waals surface area contributed by atoms with E-state index in [2.05, 4.69) is 6.58 Å². The summed E-state index contributed by atoms with van der Waals surface area (Å²) in [5, 5.41) is 10.9. The van der Waals surface area contributed by atoms with E-state index in [9.17, 15) is 5.11 Å². The number of rotatable bonds is 12. The van der Waals surface area contributed by atoms with Gasteiger partial charge in [0.25, 0.3) is 0 Å². The fourth-order valence-electron chi connectivity index (χ4n) is 2.74. The molecule has 0 spiro atoms. The standard InChI is InChI=1S/C23H30O4/c1-4-5-15-23(2,24)22(18-26-16-19-9-7-6-8-10-19)27-17-20-11-13-21(25-3)14-12-20/h4,6-14,22,24H,1,5,15-18H2,2-3H3/t22-,23-/m1/s1. The van der Waals surface area contributed by atoms with Gasteiger partial charge in [-0.1, -0.05) is 48.5 Å². The van der Waals surface area contributed by atoms with Crippen LogP contribution in [0.25, 0.3) is 0 Å². The summed E-state index contributed by atoms with van der Waals surface area (Å²) in [5.41, 5.74) is 1.11. The van der Waals surface area contributed by atoms with Crippen LogP contribution in [0.4, 0.5) is 0 Å². The molecule has 0 bridgehead atoms. The number of hydrogen-bond acceptors (Lipinski definition) is 4. The molecular formula is C23H30O4. The van der Waals surface area contributed by atoms with Crippen LogP contribution >= 0.6 is 0 Å². The third-order valence-electron chi connectivity index (χ3n) is 4.54. The van der Waals surface area contributed by atoms with Crippen molar-refractivity contribution in [2.45, 2.75) is 44.7 Å². The van der Waals surface area contributed by atoms with Gasteiger partial charge in [0, 0.05) is 0 Å². The fourth-order valence-corrected chi connectivity index (χ4v) is 2.74. The third-order valence-corrected chi connectivity index (χ3v) is 4.54. The molecule has 0 radical (unpaired) electrons. The Hall–Kier alpha value is -2.14. The molecule has 0 aliphatic rings. The second-order valence-electron chi connectivity index (χ2n) is 6.83. The third kappa shape index (κ3) is 7.18. The van der Waals surface area contributed by atoms with Crippen molar-refractivity contribution < 1.29 is 19.3 Å². The first-order valence-corrected chi connectivity index (χ1v) is 9.24. The summed E-state index contributed by atoms with van der Waals surface area (Å²) in [7, 11) is 1.64. The molecule has 27 heavy (non-hydrogen) atoms. The van der Waals surface area contributed by atoms with Gasteiger partial charge in [-0.25, -0.2) is 0 Å². The van der Waals surface area contributed by atoms with Gasteiger partial charge in [0.05, 0.1) is 32.5 Å². The Labute approximate surface area is 162 Å². The van der Waals surface area contributed by atoms with E-state index >= 15 is 0 Å². The molecule has 0 aromatic heterocycles. The first-order chi connectivity index (χ1) is 13.0. The van der Waals surface area contributed by atoms with Gasteiger partial charge in [0.1, 0.15) is 11.9 Å².